The summed E-state index contributed by atoms with van der Waals surface area (Å²) in [5.74, 6) is -0.358. The fourth-order valence-corrected chi connectivity index (χ4v) is 2.24. The lowest BCUT2D eigenvalue weighted by Gasteiger charge is -2.31. The molecule has 0 bridgehead atoms. The van der Waals surface area contributed by atoms with Crippen molar-refractivity contribution < 1.29 is 14.3 Å². The van der Waals surface area contributed by atoms with E-state index in [0.29, 0.717) is 0 Å². The predicted octanol–water partition coefficient (Wildman–Crippen LogP) is 1.77. The largest absolute Gasteiger partial charge is 0.367 e. The molecular weight excluding hydrogens is 230 g/mol. The number of hydrogen-bond acceptors (Lipinski definition) is 3. The number of benzene rings is 1. The minimum absolute atomic E-state index is 0.0188. The first-order valence-corrected chi connectivity index (χ1v) is 6.02. The molecule has 4 heteroatoms. The molecule has 1 amide bonds. The third kappa shape index (κ3) is 2.04. The Hall–Kier alpha value is -1.68. The summed E-state index contributed by atoms with van der Waals surface area (Å²) < 4.78 is 5.20. The SMILES string of the molecule is COC1C(=O)NC(C(=O)C(C)C)c2ccccc21. The van der Waals surface area contributed by atoms with Crippen LogP contribution in [0.2, 0.25) is 0 Å². The van der Waals surface area contributed by atoms with Crippen molar-refractivity contribution in [3.05, 3.63) is 35.4 Å². The molecule has 2 atom stereocenters. The zero-order valence-corrected chi connectivity index (χ0v) is 10.8. The highest BCUT2D eigenvalue weighted by Gasteiger charge is 2.36. The Kier molecular flexibility index (Phi) is 3.48. The summed E-state index contributed by atoms with van der Waals surface area (Å²) in [5, 5.41) is 2.74. The van der Waals surface area contributed by atoms with Gasteiger partial charge in [0.15, 0.2) is 11.9 Å². The molecule has 0 fully saturated rings. The number of nitrogens with one attached hydrogen (secondary N) is 1. The molecule has 0 aromatic heterocycles. The van der Waals surface area contributed by atoms with Crippen LogP contribution in [0.3, 0.4) is 0 Å². The Morgan fingerprint density at radius 1 is 1.28 bits per heavy atom. The second-order valence-corrected chi connectivity index (χ2v) is 4.74. The Morgan fingerprint density at radius 2 is 1.89 bits per heavy atom. The van der Waals surface area contributed by atoms with Crippen LogP contribution in [0.25, 0.3) is 0 Å². The summed E-state index contributed by atoms with van der Waals surface area (Å²) in [5.41, 5.74) is 1.62. The van der Waals surface area contributed by atoms with E-state index in [4.69, 9.17) is 4.74 Å². The summed E-state index contributed by atoms with van der Waals surface area (Å²) in [6.45, 7) is 3.67. The van der Waals surface area contributed by atoms with E-state index in [1.807, 2.05) is 38.1 Å². The van der Waals surface area contributed by atoms with Gasteiger partial charge in [-0.05, 0) is 11.1 Å². The molecule has 0 aliphatic carbocycles. The van der Waals surface area contributed by atoms with E-state index in [9.17, 15) is 9.59 Å². The monoisotopic (exact) mass is 247 g/mol. The highest BCUT2D eigenvalue weighted by atomic mass is 16.5. The quantitative estimate of drug-likeness (QED) is 0.885. The van der Waals surface area contributed by atoms with E-state index < -0.39 is 12.1 Å². The van der Waals surface area contributed by atoms with E-state index in [1.54, 1.807) is 0 Å². The highest BCUT2D eigenvalue weighted by molar-refractivity contribution is 5.95. The summed E-state index contributed by atoms with van der Waals surface area (Å²) in [6.07, 6.45) is -0.627. The van der Waals surface area contributed by atoms with Gasteiger partial charge in [0, 0.05) is 13.0 Å². The molecule has 18 heavy (non-hydrogen) atoms. The van der Waals surface area contributed by atoms with Crippen LogP contribution in [0.15, 0.2) is 24.3 Å². The van der Waals surface area contributed by atoms with Crippen molar-refractivity contribution in [1.82, 2.24) is 5.32 Å². The third-order valence-electron chi connectivity index (χ3n) is 3.20. The lowest BCUT2D eigenvalue weighted by Crippen LogP contribution is -2.43. The average Bonchev–Trinajstić information content (AvgIpc) is 2.37. The molecule has 0 saturated heterocycles. The third-order valence-corrected chi connectivity index (χ3v) is 3.20. The van der Waals surface area contributed by atoms with Crippen molar-refractivity contribution >= 4 is 11.7 Å². The molecule has 1 aliphatic rings. The van der Waals surface area contributed by atoms with Gasteiger partial charge in [-0.25, -0.2) is 0 Å². The first-order valence-electron chi connectivity index (χ1n) is 6.02. The fourth-order valence-electron chi connectivity index (χ4n) is 2.24. The summed E-state index contributed by atoms with van der Waals surface area (Å²) in [6, 6.07) is 6.86. The van der Waals surface area contributed by atoms with Crippen LogP contribution in [0.5, 0.6) is 0 Å². The first-order chi connectivity index (χ1) is 8.56. The van der Waals surface area contributed by atoms with Gasteiger partial charge in [-0.1, -0.05) is 38.1 Å². The molecule has 1 aromatic rings. The number of methoxy groups -OCH3 is 1. The molecule has 1 N–H and O–H groups in total. The number of fused-ring (bicyclic) bond motifs is 1. The average molecular weight is 247 g/mol. The standard InChI is InChI=1S/C14H17NO3/c1-8(2)12(16)11-9-6-4-5-7-10(9)13(18-3)14(17)15-11/h4-8,11,13H,1-3H3,(H,15,17). The molecule has 0 spiro atoms. The first kappa shape index (κ1) is 12.8. The molecule has 1 heterocycles. The summed E-state index contributed by atoms with van der Waals surface area (Å²) in [7, 11) is 1.49. The summed E-state index contributed by atoms with van der Waals surface area (Å²) >= 11 is 0. The number of ether oxygens (including phenoxy) is 1. The van der Waals surface area contributed by atoms with Crippen molar-refractivity contribution in [3.8, 4) is 0 Å². The van der Waals surface area contributed by atoms with Gasteiger partial charge in [-0.15, -0.1) is 0 Å². The second-order valence-electron chi connectivity index (χ2n) is 4.74. The lowest BCUT2D eigenvalue weighted by molar-refractivity contribution is -0.137. The van der Waals surface area contributed by atoms with Gasteiger partial charge >= 0.3 is 0 Å². The molecule has 96 valence electrons. The molecular formula is C14H17NO3. The van der Waals surface area contributed by atoms with Crippen LogP contribution in [-0.2, 0) is 14.3 Å². The van der Waals surface area contributed by atoms with Crippen LogP contribution in [0.4, 0.5) is 0 Å². The Morgan fingerprint density at radius 3 is 2.44 bits per heavy atom. The van der Waals surface area contributed by atoms with Crippen molar-refractivity contribution in [1.29, 1.82) is 0 Å². The number of amides is 1. The van der Waals surface area contributed by atoms with Gasteiger partial charge in [0.25, 0.3) is 5.91 Å². The number of hydrogen-bond donors (Lipinski definition) is 1. The predicted molar refractivity (Wildman–Crippen MR) is 66.9 cm³/mol. The number of carbonyl (C=O) groups is 2. The van der Waals surface area contributed by atoms with Crippen molar-refractivity contribution in [2.75, 3.05) is 7.11 Å². The van der Waals surface area contributed by atoms with Gasteiger partial charge < -0.3 is 10.1 Å². The minimum atomic E-state index is -0.627. The highest BCUT2D eigenvalue weighted by Crippen LogP contribution is 2.32. The fraction of sp³-hybridized carbons (Fsp3) is 0.429. The number of rotatable bonds is 3. The second kappa shape index (κ2) is 4.90. The molecule has 1 aliphatic heterocycles. The van der Waals surface area contributed by atoms with Crippen molar-refractivity contribution in [2.45, 2.75) is 26.0 Å². The van der Waals surface area contributed by atoms with Gasteiger partial charge in [0.1, 0.15) is 6.04 Å². The molecule has 1 aromatic carbocycles. The van der Waals surface area contributed by atoms with Crippen LogP contribution < -0.4 is 5.32 Å². The maximum atomic E-state index is 12.1. The van der Waals surface area contributed by atoms with E-state index in [2.05, 4.69) is 5.32 Å². The number of ketones is 1. The Balaban J connectivity index is 2.47. The minimum Gasteiger partial charge on any atom is -0.367 e. The summed E-state index contributed by atoms with van der Waals surface area (Å²) in [4.78, 5) is 24.1. The number of Topliss-reactive ketones (excluding diaryl/α,β-unsaturated/α-hetero) is 1. The zero-order valence-electron chi connectivity index (χ0n) is 10.8. The van der Waals surface area contributed by atoms with Crippen molar-refractivity contribution in [2.24, 2.45) is 5.92 Å². The maximum Gasteiger partial charge on any atom is 0.254 e. The van der Waals surface area contributed by atoms with Crippen LogP contribution in [0.1, 0.15) is 37.1 Å². The van der Waals surface area contributed by atoms with E-state index in [-0.39, 0.29) is 17.6 Å². The smallest absolute Gasteiger partial charge is 0.254 e. The Labute approximate surface area is 106 Å². The maximum absolute atomic E-state index is 12.1. The van der Waals surface area contributed by atoms with E-state index in [1.165, 1.54) is 7.11 Å². The van der Waals surface area contributed by atoms with Crippen LogP contribution in [-0.4, -0.2) is 18.8 Å². The van der Waals surface area contributed by atoms with Gasteiger partial charge in [-0.3, -0.25) is 9.59 Å². The van der Waals surface area contributed by atoms with E-state index >= 15 is 0 Å². The molecule has 0 saturated carbocycles. The Bertz CT molecular complexity index is 482. The topological polar surface area (TPSA) is 55.4 Å². The molecule has 0 radical (unpaired) electrons. The molecule has 4 nitrogen and oxygen atoms in total. The van der Waals surface area contributed by atoms with Crippen LogP contribution >= 0.6 is 0 Å². The molecule has 2 unspecified atom stereocenters. The number of carbonyl (C=O) groups excluding carboxylic acids is 2. The van der Waals surface area contributed by atoms with E-state index in [0.717, 1.165) is 11.1 Å². The van der Waals surface area contributed by atoms with Gasteiger partial charge in [0.2, 0.25) is 0 Å². The van der Waals surface area contributed by atoms with Crippen LogP contribution in [0, 0.1) is 5.92 Å². The molecule has 2 rings (SSSR count). The zero-order chi connectivity index (χ0) is 13.3. The lowest BCUT2D eigenvalue weighted by atomic mass is 9.87. The van der Waals surface area contributed by atoms with Gasteiger partial charge in [-0.2, -0.15) is 0 Å². The van der Waals surface area contributed by atoms with Crippen molar-refractivity contribution in [3.63, 3.8) is 0 Å². The van der Waals surface area contributed by atoms with Gasteiger partial charge in [0.05, 0.1) is 0 Å². The normalized spacial score (nSPS) is 22.6.